The Morgan fingerprint density at radius 2 is 1.68 bits per heavy atom. The molecule has 1 aromatic rings. The lowest BCUT2D eigenvalue weighted by Crippen LogP contribution is -2.49. The van der Waals surface area contributed by atoms with Crippen molar-refractivity contribution in [3.8, 4) is 5.75 Å². The summed E-state index contributed by atoms with van der Waals surface area (Å²) in [6, 6.07) is 7.70. The van der Waals surface area contributed by atoms with Gasteiger partial charge in [0.05, 0.1) is 19.1 Å². The fourth-order valence-electron chi connectivity index (χ4n) is 4.58. The Labute approximate surface area is 164 Å². The second kappa shape index (κ2) is 8.72. The summed E-state index contributed by atoms with van der Waals surface area (Å²) in [4.78, 5) is 16.8. The van der Waals surface area contributed by atoms with Crippen LogP contribution in [-0.2, 0) is 10.2 Å². The number of halogens is 3. The van der Waals surface area contributed by atoms with Gasteiger partial charge in [0.25, 0.3) is 0 Å². The van der Waals surface area contributed by atoms with Crippen LogP contribution in [0.4, 0.5) is 13.2 Å². The molecular formula is C21H29F3N2O2. The maximum atomic E-state index is 13.6. The third kappa shape index (κ3) is 4.80. The van der Waals surface area contributed by atoms with Crippen molar-refractivity contribution >= 4 is 5.91 Å². The quantitative estimate of drug-likeness (QED) is 0.769. The Bertz CT molecular complexity index is 655. The van der Waals surface area contributed by atoms with Crippen molar-refractivity contribution in [1.29, 1.82) is 0 Å². The summed E-state index contributed by atoms with van der Waals surface area (Å²) in [5.41, 5.74) is 0.429. The summed E-state index contributed by atoms with van der Waals surface area (Å²) in [6.45, 7) is 0.610. The Morgan fingerprint density at radius 1 is 1.00 bits per heavy atom. The minimum absolute atomic E-state index is 0.0752. The highest BCUT2D eigenvalue weighted by molar-refractivity contribution is 5.88. The summed E-state index contributed by atoms with van der Waals surface area (Å²) in [5, 5.41) is 0. The van der Waals surface area contributed by atoms with Crippen molar-refractivity contribution in [2.45, 2.75) is 50.1 Å². The molecule has 1 aliphatic carbocycles. The van der Waals surface area contributed by atoms with Gasteiger partial charge in [-0.1, -0.05) is 31.4 Å². The number of carbonyl (C=O) groups excluding carboxylic acids is 1. The van der Waals surface area contributed by atoms with Crippen LogP contribution >= 0.6 is 0 Å². The van der Waals surface area contributed by atoms with Crippen LogP contribution in [0, 0.1) is 0 Å². The van der Waals surface area contributed by atoms with Crippen LogP contribution in [0.2, 0.25) is 0 Å². The average molecular weight is 398 g/mol. The number of amides is 1. The van der Waals surface area contributed by atoms with Crippen molar-refractivity contribution < 1.29 is 22.7 Å². The molecule has 1 saturated carbocycles. The first-order chi connectivity index (χ1) is 13.3. The van der Waals surface area contributed by atoms with E-state index in [-0.39, 0.29) is 12.5 Å². The number of benzene rings is 1. The van der Waals surface area contributed by atoms with Crippen LogP contribution in [0.25, 0.3) is 0 Å². The Kier molecular flexibility index (Phi) is 6.53. The first kappa shape index (κ1) is 21.0. The molecular weight excluding hydrogens is 369 g/mol. The number of methoxy groups -OCH3 is 1. The maximum absolute atomic E-state index is 13.6. The number of hydrogen-bond acceptors (Lipinski definition) is 3. The van der Waals surface area contributed by atoms with Gasteiger partial charge in [0.1, 0.15) is 5.75 Å². The molecule has 156 valence electrons. The van der Waals surface area contributed by atoms with Gasteiger partial charge in [0, 0.05) is 26.2 Å². The molecule has 1 aromatic carbocycles. The van der Waals surface area contributed by atoms with Crippen LogP contribution in [-0.4, -0.2) is 61.7 Å². The Balaban J connectivity index is 1.78. The van der Waals surface area contributed by atoms with Gasteiger partial charge in [0.15, 0.2) is 0 Å². The molecule has 2 fully saturated rings. The molecule has 1 heterocycles. The van der Waals surface area contributed by atoms with Crippen molar-refractivity contribution in [3.05, 3.63) is 29.8 Å². The molecule has 7 heteroatoms. The molecule has 0 spiro atoms. The van der Waals surface area contributed by atoms with E-state index in [1.165, 1.54) is 4.90 Å². The van der Waals surface area contributed by atoms with Gasteiger partial charge in [-0.05, 0) is 37.0 Å². The van der Waals surface area contributed by atoms with Gasteiger partial charge in [-0.15, -0.1) is 0 Å². The maximum Gasteiger partial charge on any atom is 0.401 e. The van der Waals surface area contributed by atoms with E-state index in [0.29, 0.717) is 26.1 Å². The molecule has 0 radical (unpaired) electrons. The lowest BCUT2D eigenvalue weighted by molar-refractivity contribution is -0.145. The summed E-state index contributed by atoms with van der Waals surface area (Å²) in [7, 11) is 1.61. The summed E-state index contributed by atoms with van der Waals surface area (Å²) in [6.07, 6.45) is 1.05. The Morgan fingerprint density at radius 3 is 2.29 bits per heavy atom. The van der Waals surface area contributed by atoms with E-state index in [1.807, 2.05) is 24.3 Å². The van der Waals surface area contributed by atoms with E-state index in [0.717, 1.165) is 43.4 Å². The molecule has 3 rings (SSSR count). The average Bonchev–Trinajstić information content (AvgIpc) is 2.92. The predicted octanol–water partition coefficient (Wildman–Crippen LogP) is 3.99. The van der Waals surface area contributed by atoms with E-state index in [1.54, 1.807) is 12.0 Å². The topological polar surface area (TPSA) is 32.8 Å². The van der Waals surface area contributed by atoms with E-state index in [4.69, 9.17) is 4.74 Å². The van der Waals surface area contributed by atoms with E-state index < -0.39 is 18.1 Å². The number of rotatable bonds is 4. The number of nitrogens with zero attached hydrogens (tertiary/aromatic N) is 2. The van der Waals surface area contributed by atoms with Crippen LogP contribution in [0.5, 0.6) is 5.75 Å². The molecule has 0 atom stereocenters. The zero-order valence-electron chi connectivity index (χ0n) is 16.4. The molecule has 2 aliphatic rings. The molecule has 28 heavy (non-hydrogen) atoms. The smallest absolute Gasteiger partial charge is 0.401 e. The van der Waals surface area contributed by atoms with Gasteiger partial charge in [-0.25, -0.2) is 0 Å². The second-order valence-electron chi connectivity index (χ2n) is 7.91. The molecule has 1 aliphatic heterocycles. The van der Waals surface area contributed by atoms with Crippen LogP contribution < -0.4 is 4.74 Å². The lowest BCUT2D eigenvalue weighted by Gasteiger charge is -2.40. The minimum Gasteiger partial charge on any atom is -0.497 e. The summed E-state index contributed by atoms with van der Waals surface area (Å²) >= 11 is 0. The van der Waals surface area contributed by atoms with Gasteiger partial charge in [-0.2, -0.15) is 13.2 Å². The monoisotopic (exact) mass is 398 g/mol. The van der Waals surface area contributed by atoms with Crippen molar-refractivity contribution in [2.24, 2.45) is 0 Å². The standard InChI is InChI=1S/C21H29F3N2O2/c1-28-18-8-6-17(7-9-18)20(10-3-2-4-11-20)19(27)26-13-5-12-25(14-15-26)16-21(22,23)24/h6-9H,2-5,10-16H2,1H3. The zero-order valence-corrected chi connectivity index (χ0v) is 16.4. The first-order valence-corrected chi connectivity index (χ1v) is 10.1. The highest BCUT2D eigenvalue weighted by Gasteiger charge is 2.44. The van der Waals surface area contributed by atoms with E-state index in [2.05, 4.69) is 0 Å². The largest absolute Gasteiger partial charge is 0.497 e. The minimum atomic E-state index is -4.20. The zero-order chi connectivity index (χ0) is 20.2. The SMILES string of the molecule is COc1ccc(C2(C(=O)N3CCCN(CC(F)(F)F)CC3)CCCCC2)cc1. The molecule has 1 saturated heterocycles. The molecule has 0 aromatic heterocycles. The van der Waals surface area contributed by atoms with E-state index >= 15 is 0 Å². The van der Waals surface area contributed by atoms with Crippen molar-refractivity contribution in [1.82, 2.24) is 9.80 Å². The van der Waals surface area contributed by atoms with Crippen LogP contribution in [0.3, 0.4) is 0 Å². The first-order valence-electron chi connectivity index (χ1n) is 10.1. The summed E-state index contributed by atoms with van der Waals surface area (Å²) < 4.78 is 43.4. The number of hydrogen-bond donors (Lipinski definition) is 0. The van der Waals surface area contributed by atoms with Gasteiger partial charge < -0.3 is 9.64 Å². The van der Waals surface area contributed by atoms with Crippen molar-refractivity contribution in [3.63, 3.8) is 0 Å². The predicted molar refractivity (Wildman–Crippen MR) is 101 cm³/mol. The fraction of sp³-hybridized carbons (Fsp3) is 0.667. The number of ether oxygens (including phenoxy) is 1. The third-order valence-corrected chi connectivity index (χ3v) is 6.04. The number of alkyl halides is 3. The fourth-order valence-corrected chi connectivity index (χ4v) is 4.58. The number of carbonyl (C=O) groups is 1. The highest BCUT2D eigenvalue weighted by atomic mass is 19.4. The van der Waals surface area contributed by atoms with Gasteiger partial charge in [0.2, 0.25) is 5.91 Å². The molecule has 0 N–H and O–H groups in total. The van der Waals surface area contributed by atoms with Crippen molar-refractivity contribution in [2.75, 3.05) is 39.8 Å². The third-order valence-electron chi connectivity index (χ3n) is 6.04. The van der Waals surface area contributed by atoms with E-state index in [9.17, 15) is 18.0 Å². The molecule has 0 unspecified atom stereocenters. The second-order valence-corrected chi connectivity index (χ2v) is 7.91. The molecule has 1 amide bonds. The van der Waals surface area contributed by atoms with Crippen LogP contribution in [0.15, 0.2) is 24.3 Å². The highest BCUT2D eigenvalue weighted by Crippen LogP contribution is 2.41. The normalized spacial score (nSPS) is 21.2. The lowest BCUT2D eigenvalue weighted by atomic mass is 9.68. The summed E-state index contributed by atoms with van der Waals surface area (Å²) in [5.74, 6) is 0.825. The Hall–Kier alpha value is -1.76. The van der Waals surface area contributed by atoms with Gasteiger partial charge in [-0.3, -0.25) is 9.69 Å². The van der Waals surface area contributed by atoms with Gasteiger partial charge >= 0.3 is 6.18 Å². The molecule has 0 bridgehead atoms. The van der Waals surface area contributed by atoms with Crippen LogP contribution in [0.1, 0.15) is 44.1 Å². The molecule has 4 nitrogen and oxygen atoms in total.